The molecule has 0 unspecified atom stereocenters. The third-order valence-electron chi connectivity index (χ3n) is 4.07. The third-order valence-corrected chi connectivity index (χ3v) is 4.07. The van der Waals surface area contributed by atoms with Crippen molar-refractivity contribution in [3.63, 3.8) is 0 Å². The molecule has 0 spiro atoms. The smallest absolute Gasteiger partial charge is 0.358 e. The summed E-state index contributed by atoms with van der Waals surface area (Å²) in [6.07, 6.45) is 3.17. The normalized spacial score (nSPS) is 13.4. The summed E-state index contributed by atoms with van der Waals surface area (Å²) in [6.45, 7) is 2.56. The molecule has 0 saturated heterocycles. The van der Waals surface area contributed by atoms with Gasteiger partial charge in [-0.2, -0.15) is 0 Å². The zero-order chi connectivity index (χ0) is 18.7. The number of carboxylic acid groups (broad SMARTS) is 1. The second-order valence-corrected chi connectivity index (χ2v) is 6.04. The van der Waals surface area contributed by atoms with Crippen molar-refractivity contribution in [1.82, 2.24) is 15.0 Å². The molecule has 2 heterocycles. The number of carbonyl (C=O) groups is 3. The first-order valence-electron chi connectivity index (χ1n) is 8.34. The molecule has 0 radical (unpaired) electrons. The Morgan fingerprint density at radius 2 is 2.12 bits per heavy atom. The molecule has 2 amide bonds. The van der Waals surface area contributed by atoms with E-state index in [-0.39, 0.29) is 24.1 Å². The van der Waals surface area contributed by atoms with Crippen molar-refractivity contribution in [1.29, 1.82) is 0 Å². The number of nitrogens with zero attached hydrogens (tertiary/aromatic N) is 4. The van der Waals surface area contributed by atoms with E-state index in [0.717, 1.165) is 17.7 Å². The Morgan fingerprint density at radius 1 is 1.31 bits per heavy atom. The molecule has 0 aliphatic carbocycles. The van der Waals surface area contributed by atoms with E-state index in [2.05, 4.69) is 15.6 Å². The van der Waals surface area contributed by atoms with E-state index in [9.17, 15) is 14.4 Å². The van der Waals surface area contributed by atoms with Gasteiger partial charge in [0, 0.05) is 24.3 Å². The average Bonchev–Trinajstić information content (AvgIpc) is 3.06. The molecule has 3 rings (SSSR count). The van der Waals surface area contributed by atoms with Crippen molar-refractivity contribution in [2.75, 3.05) is 16.8 Å². The number of fused-ring (bicyclic) bond motifs is 1. The van der Waals surface area contributed by atoms with Crippen LogP contribution in [0, 0.1) is 0 Å². The number of carbonyl (C=O) groups excluding carboxylic acids is 2. The summed E-state index contributed by atoms with van der Waals surface area (Å²) in [4.78, 5) is 36.8. The predicted octanol–water partition coefficient (Wildman–Crippen LogP) is 1.30. The fraction of sp³-hybridized carbons (Fsp3) is 0.353. The molecule has 9 heteroatoms. The van der Waals surface area contributed by atoms with Crippen LogP contribution in [-0.4, -0.2) is 44.4 Å². The van der Waals surface area contributed by atoms with Crippen LogP contribution in [0.1, 0.15) is 35.8 Å². The average molecular weight is 357 g/mol. The summed E-state index contributed by atoms with van der Waals surface area (Å²) < 4.78 is 1.17. The largest absolute Gasteiger partial charge is 0.476 e. The van der Waals surface area contributed by atoms with Crippen LogP contribution in [0.3, 0.4) is 0 Å². The Kier molecular flexibility index (Phi) is 4.97. The monoisotopic (exact) mass is 357 g/mol. The van der Waals surface area contributed by atoms with Gasteiger partial charge >= 0.3 is 5.97 Å². The van der Waals surface area contributed by atoms with Gasteiger partial charge in [0.05, 0.1) is 6.20 Å². The Bertz CT molecular complexity index is 861. The maximum atomic E-state index is 12.1. The number of hydrogen-bond acceptors (Lipinski definition) is 5. The lowest BCUT2D eigenvalue weighted by molar-refractivity contribution is -0.119. The number of carboxylic acids is 1. The fourth-order valence-corrected chi connectivity index (χ4v) is 2.93. The van der Waals surface area contributed by atoms with E-state index in [4.69, 9.17) is 5.11 Å². The van der Waals surface area contributed by atoms with Gasteiger partial charge in [-0.15, -0.1) is 5.10 Å². The number of aryl methyl sites for hydroxylation is 1. The minimum Gasteiger partial charge on any atom is -0.476 e. The van der Waals surface area contributed by atoms with Crippen molar-refractivity contribution in [3.8, 4) is 0 Å². The van der Waals surface area contributed by atoms with Gasteiger partial charge in [-0.25, -0.2) is 9.48 Å². The summed E-state index contributed by atoms with van der Waals surface area (Å²) in [6, 6.07) is 5.46. The highest BCUT2D eigenvalue weighted by atomic mass is 16.4. The van der Waals surface area contributed by atoms with Gasteiger partial charge < -0.3 is 15.3 Å². The van der Waals surface area contributed by atoms with Crippen molar-refractivity contribution in [3.05, 3.63) is 35.7 Å². The van der Waals surface area contributed by atoms with Crippen LogP contribution >= 0.6 is 0 Å². The maximum absolute atomic E-state index is 12.1. The van der Waals surface area contributed by atoms with Crippen LogP contribution in [0.25, 0.3) is 0 Å². The van der Waals surface area contributed by atoms with Gasteiger partial charge in [0.1, 0.15) is 6.54 Å². The number of rotatable bonds is 6. The van der Waals surface area contributed by atoms with Crippen LogP contribution in [0.4, 0.5) is 11.4 Å². The molecular formula is C17H19N5O4. The van der Waals surface area contributed by atoms with Crippen LogP contribution < -0.4 is 10.2 Å². The van der Waals surface area contributed by atoms with Gasteiger partial charge in [-0.3, -0.25) is 9.59 Å². The third kappa shape index (κ3) is 3.71. The van der Waals surface area contributed by atoms with Gasteiger partial charge in [-0.05, 0) is 36.6 Å². The molecule has 136 valence electrons. The number of anilines is 2. The molecule has 1 aliphatic heterocycles. The number of benzene rings is 1. The number of hydrogen-bond donors (Lipinski definition) is 2. The highest BCUT2D eigenvalue weighted by Gasteiger charge is 2.23. The van der Waals surface area contributed by atoms with Crippen molar-refractivity contribution >= 4 is 29.2 Å². The molecule has 2 aromatic rings. The minimum absolute atomic E-state index is 0.122. The summed E-state index contributed by atoms with van der Waals surface area (Å²) in [7, 11) is 0. The lowest BCUT2D eigenvalue weighted by Gasteiger charge is -2.29. The zero-order valence-electron chi connectivity index (χ0n) is 14.3. The highest BCUT2D eigenvalue weighted by molar-refractivity contribution is 5.97. The van der Waals surface area contributed by atoms with Gasteiger partial charge in [0.15, 0.2) is 5.69 Å². The van der Waals surface area contributed by atoms with E-state index in [1.54, 1.807) is 11.0 Å². The molecule has 9 nitrogen and oxygen atoms in total. The summed E-state index contributed by atoms with van der Waals surface area (Å²) >= 11 is 0. The molecule has 26 heavy (non-hydrogen) atoms. The topological polar surface area (TPSA) is 117 Å². The molecule has 1 aromatic heterocycles. The van der Waals surface area contributed by atoms with Crippen molar-refractivity contribution < 1.29 is 19.5 Å². The zero-order valence-corrected chi connectivity index (χ0v) is 14.3. The van der Waals surface area contributed by atoms with Crippen LogP contribution in [0.5, 0.6) is 0 Å². The molecule has 0 fully saturated rings. The second kappa shape index (κ2) is 7.34. The first-order chi connectivity index (χ1) is 12.5. The Balaban J connectivity index is 1.69. The summed E-state index contributed by atoms with van der Waals surface area (Å²) in [5.74, 6) is -1.42. The lowest BCUT2D eigenvalue weighted by Crippen LogP contribution is -2.35. The second-order valence-electron chi connectivity index (χ2n) is 6.04. The standard InChI is InChI=1S/C17H19N5O4/c1-2-7-22-14-5-4-12(8-11(14)3-6-16(22)24)18-15(23)10-21-9-13(17(25)26)19-20-21/h4-5,8-9H,2-3,6-7,10H2,1H3,(H,18,23)(H,25,26). The van der Waals surface area contributed by atoms with E-state index >= 15 is 0 Å². The number of aromatic carboxylic acids is 1. The quantitative estimate of drug-likeness (QED) is 0.805. The van der Waals surface area contributed by atoms with Crippen LogP contribution in [-0.2, 0) is 22.6 Å². The summed E-state index contributed by atoms with van der Waals surface area (Å²) in [5, 5.41) is 18.6. The van der Waals surface area contributed by atoms with Crippen molar-refractivity contribution in [2.45, 2.75) is 32.7 Å². The van der Waals surface area contributed by atoms with E-state index < -0.39 is 5.97 Å². The lowest BCUT2D eigenvalue weighted by atomic mass is 10.00. The Labute approximate surface area is 149 Å². The highest BCUT2D eigenvalue weighted by Crippen LogP contribution is 2.30. The molecule has 1 aromatic carbocycles. The SMILES string of the molecule is CCCN1C(=O)CCc2cc(NC(=O)Cn3cc(C(=O)O)nn3)ccc21. The fourth-order valence-electron chi connectivity index (χ4n) is 2.93. The molecule has 2 N–H and O–H groups in total. The maximum Gasteiger partial charge on any atom is 0.358 e. The van der Waals surface area contributed by atoms with Crippen LogP contribution in [0.15, 0.2) is 24.4 Å². The minimum atomic E-state index is -1.20. The van der Waals surface area contributed by atoms with Gasteiger partial charge in [0.25, 0.3) is 0 Å². The van der Waals surface area contributed by atoms with E-state index in [0.29, 0.717) is 25.1 Å². The Hall–Kier alpha value is -3.23. The first kappa shape index (κ1) is 17.6. The molecule has 0 saturated carbocycles. The predicted molar refractivity (Wildman–Crippen MR) is 93.0 cm³/mol. The van der Waals surface area contributed by atoms with Crippen molar-refractivity contribution in [2.24, 2.45) is 0 Å². The van der Waals surface area contributed by atoms with Gasteiger partial charge in [0.2, 0.25) is 11.8 Å². The number of amides is 2. The molecule has 0 atom stereocenters. The summed E-state index contributed by atoms with van der Waals surface area (Å²) in [5.41, 5.74) is 2.32. The molecular weight excluding hydrogens is 338 g/mol. The Morgan fingerprint density at radius 3 is 2.81 bits per heavy atom. The van der Waals surface area contributed by atoms with E-state index in [1.807, 2.05) is 19.1 Å². The number of aromatic nitrogens is 3. The van der Waals surface area contributed by atoms with Crippen LogP contribution in [0.2, 0.25) is 0 Å². The first-order valence-corrected chi connectivity index (χ1v) is 8.34. The number of nitrogens with one attached hydrogen (secondary N) is 1. The van der Waals surface area contributed by atoms with Gasteiger partial charge in [-0.1, -0.05) is 12.1 Å². The van der Waals surface area contributed by atoms with E-state index in [1.165, 1.54) is 10.9 Å². The molecule has 1 aliphatic rings. The molecule has 0 bridgehead atoms.